The molecule has 7 nitrogen and oxygen atoms in total. The van der Waals surface area contributed by atoms with Gasteiger partial charge in [0.2, 0.25) is 5.91 Å². The van der Waals surface area contributed by atoms with Crippen LogP contribution in [0.25, 0.3) is 0 Å². The molecule has 2 heterocycles. The van der Waals surface area contributed by atoms with Gasteiger partial charge >= 0.3 is 5.97 Å². The van der Waals surface area contributed by atoms with Gasteiger partial charge < -0.3 is 19.6 Å². The molecule has 8 heteroatoms. The zero-order valence-corrected chi connectivity index (χ0v) is 23.3. The van der Waals surface area contributed by atoms with Crippen LogP contribution in [0.1, 0.15) is 75.9 Å². The van der Waals surface area contributed by atoms with E-state index in [1.165, 1.54) is 4.88 Å². The van der Waals surface area contributed by atoms with Gasteiger partial charge in [0.15, 0.2) is 0 Å². The maximum absolute atomic E-state index is 13.3. The molecule has 4 rings (SSSR count). The molecule has 1 saturated carbocycles. The third kappa shape index (κ3) is 5.16. The van der Waals surface area contributed by atoms with Crippen LogP contribution in [-0.4, -0.2) is 71.1 Å². The third-order valence-electron chi connectivity index (χ3n) is 8.75. The molecule has 6 atom stereocenters. The lowest BCUT2D eigenvalue weighted by atomic mass is 9.53. The second kappa shape index (κ2) is 9.75. The van der Waals surface area contributed by atoms with E-state index in [9.17, 15) is 14.7 Å². The highest BCUT2D eigenvalue weighted by Gasteiger charge is 2.54. The minimum atomic E-state index is -0.538. The average molecular weight is 506 g/mol. The number of piperazine rings is 1. The molecule has 196 valence electrons. The summed E-state index contributed by atoms with van der Waals surface area (Å²) in [6, 6.07) is 0. The molecule has 0 aromatic carbocycles. The second-order valence-electron chi connectivity index (χ2n) is 12.5. The Balaban J connectivity index is 1.48. The van der Waals surface area contributed by atoms with Crippen LogP contribution in [0.3, 0.4) is 0 Å². The van der Waals surface area contributed by atoms with Gasteiger partial charge in [0.1, 0.15) is 11.6 Å². The number of hydrogen-bond acceptors (Lipinski definition) is 7. The number of thiazole rings is 1. The highest BCUT2D eigenvalue weighted by Crippen LogP contribution is 2.57. The predicted octanol–water partition coefficient (Wildman–Crippen LogP) is 3.70. The molecule has 0 radical (unpaired) electrons. The van der Waals surface area contributed by atoms with E-state index in [0.29, 0.717) is 0 Å². The fourth-order valence-electron chi connectivity index (χ4n) is 6.50. The van der Waals surface area contributed by atoms with Crippen molar-refractivity contribution in [2.45, 2.75) is 79.4 Å². The SMILES string of the molecule is C[C@H](C(=O)N1CCN(C)CC1)[C@@H]1CC[C@@]2(C)Cc3sc(COC(=O)C(C)(C)C)nc3[C@@H](C)[C@@H]2[C@H]1O. The van der Waals surface area contributed by atoms with Gasteiger partial charge in [-0.05, 0) is 64.3 Å². The van der Waals surface area contributed by atoms with Crippen molar-refractivity contribution in [3.63, 3.8) is 0 Å². The zero-order valence-electron chi connectivity index (χ0n) is 22.5. The summed E-state index contributed by atoms with van der Waals surface area (Å²) in [5, 5.41) is 12.5. The molecule has 3 aliphatic rings. The smallest absolute Gasteiger partial charge is 0.311 e. The van der Waals surface area contributed by atoms with Crippen molar-refractivity contribution >= 4 is 23.2 Å². The highest BCUT2D eigenvalue weighted by atomic mass is 32.1. The summed E-state index contributed by atoms with van der Waals surface area (Å²) in [5.41, 5.74) is 0.478. The van der Waals surface area contributed by atoms with Gasteiger partial charge in [0.25, 0.3) is 0 Å². The summed E-state index contributed by atoms with van der Waals surface area (Å²) in [6.07, 6.45) is 2.21. The number of hydrogen-bond donors (Lipinski definition) is 1. The fourth-order valence-corrected chi connectivity index (χ4v) is 7.78. The Morgan fingerprint density at radius 1 is 1.26 bits per heavy atom. The van der Waals surface area contributed by atoms with Crippen molar-refractivity contribution in [3.05, 3.63) is 15.6 Å². The Morgan fingerprint density at radius 3 is 2.54 bits per heavy atom. The van der Waals surface area contributed by atoms with Crippen molar-refractivity contribution in [1.29, 1.82) is 0 Å². The lowest BCUT2D eigenvalue weighted by Crippen LogP contribution is -2.55. The third-order valence-corrected chi connectivity index (χ3v) is 9.80. The van der Waals surface area contributed by atoms with Crippen molar-refractivity contribution in [2.24, 2.45) is 28.6 Å². The second-order valence-corrected chi connectivity index (χ2v) is 13.7. The molecule has 35 heavy (non-hydrogen) atoms. The van der Waals surface area contributed by atoms with E-state index in [2.05, 4.69) is 25.8 Å². The molecule has 1 aliphatic heterocycles. The number of aromatic nitrogens is 1. The number of esters is 1. The van der Waals surface area contributed by atoms with Crippen LogP contribution in [0.4, 0.5) is 0 Å². The Morgan fingerprint density at radius 2 is 1.91 bits per heavy atom. The molecular formula is C27H43N3O4S. The largest absolute Gasteiger partial charge is 0.458 e. The van der Waals surface area contributed by atoms with E-state index in [1.807, 2.05) is 32.6 Å². The number of likely N-dealkylation sites (N-methyl/N-ethyl adjacent to an activating group) is 1. The minimum Gasteiger partial charge on any atom is -0.458 e. The number of carbonyl (C=O) groups excluding carboxylic acids is 2. The van der Waals surface area contributed by atoms with E-state index >= 15 is 0 Å². The molecule has 1 amide bonds. The van der Waals surface area contributed by atoms with Gasteiger partial charge in [-0.2, -0.15) is 0 Å². The van der Waals surface area contributed by atoms with Crippen LogP contribution in [0.15, 0.2) is 0 Å². The van der Waals surface area contributed by atoms with E-state index in [4.69, 9.17) is 9.72 Å². The van der Waals surface area contributed by atoms with Gasteiger partial charge in [0, 0.05) is 42.9 Å². The monoisotopic (exact) mass is 505 g/mol. The standard InChI is InChI=1S/C27H43N3O4S/c1-16(24(32)30-12-10-29(7)11-13-30)18-8-9-27(6)14-19-22(17(2)21(27)23(18)31)28-20(35-19)15-34-25(33)26(3,4)5/h16-18,21,23,31H,8-15H2,1-7H3/t16-,17-,18-,21+,23-,27-/m0/s1. The number of aliphatic hydroxyl groups excluding tert-OH is 1. The summed E-state index contributed by atoms with van der Waals surface area (Å²) < 4.78 is 5.52. The van der Waals surface area contributed by atoms with Crippen LogP contribution >= 0.6 is 11.3 Å². The molecule has 1 N–H and O–H groups in total. The first-order chi connectivity index (χ1) is 16.3. The first-order valence-electron chi connectivity index (χ1n) is 13.1. The van der Waals surface area contributed by atoms with Crippen LogP contribution in [0, 0.1) is 28.6 Å². The topological polar surface area (TPSA) is 83.0 Å². The summed E-state index contributed by atoms with van der Waals surface area (Å²) in [6.45, 7) is 15.6. The molecule has 0 spiro atoms. The Kier molecular flexibility index (Phi) is 7.39. The van der Waals surface area contributed by atoms with E-state index in [0.717, 1.165) is 56.1 Å². The maximum atomic E-state index is 13.3. The molecule has 0 unspecified atom stereocenters. The lowest BCUT2D eigenvalue weighted by molar-refractivity contribution is -0.154. The zero-order chi connectivity index (χ0) is 25.7. The quantitative estimate of drug-likeness (QED) is 0.629. The summed E-state index contributed by atoms with van der Waals surface area (Å²) in [7, 11) is 2.09. The van der Waals surface area contributed by atoms with Crippen molar-refractivity contribution in [3.8, 4) is 0 Å². The van der Waals surface area contributed by atoms with Crippen LogP contribution in [0.2, 0.25) is 0 Å². The first kappa shape index (κ1) is 26.6. The summed E-state index contributed by atoms with van der Waals surface area (Å²) >= 11 is 1.64. The maximum Gasteiger partial charge on any atom is 0.311 e. The van der Waals surface area contributed by atoms with Crippen molar-refractivity contribution in [1.82, 2.24) is 14.8 Å². The van der Waals surface area contributed by atoms with Gasteiger partial charge in [-0.3, -0.25) is 9.59 Å². The van der Waals surface area contributed by atoms with Crippen LogP contribution < -0.4 is 0 Å². The van der Waals surface area contributed by atoms with Crippen LogP contribution in [0.5, 0.6) is 0 Å². The summed E-state index contributed by atoms with van der Waals surface area (Å²) in [5.74, 6) is -0.105. The molecule has 0 bridgehead atoms. The molecular weight excluding hydrogens is 462 g/mol. The number of fused-ring (bicyclic) bond motifs is 2. The van der Waals surface area contributed by atoms with Crippen molar-refractivity contribution in [2.75, 3.05) is 33.2 Å². The highest BCUT2D eigenvalue weighted by molar-refractivity contribution is 7.11. The first-order valence-corrected chi connectivity index (χ1v) is 13.9. The fraction of sp³-hybridized carbons (Fsp3) is 0.815. The Hall–Kier alpha value is -1.51. The van der Waals surface area contributed by atoms with Gasteiger partial charge in [-0.15, -0.1) is 11.3 Å². The number of carbonyl (C=O) groups is 2. The van der Waals surface area contributed by atoms with Gasteiger partial charge in [0.05, 0.1) is 17.2 Å². The normalized spacial score (nSPS) is 32.5. The molecule has 2 fully saturated rings. The number of ether oxygens (including phenoxy) is 1. The van der Waals surface area contributed by atoms with Crippen LogP contribution in [-0.2, 0) is 27.4 Å². The molecule has 1 saturated heterocycles. The number of nitrogens with zero attached hydrogens (tertiary/aromatic N) is 3. The molecule has 1 aromatic heterocycles. The van der Waals surface area contributed by atoms with Crippen molar-refractivity contribution < 1.29 is 19.4 Å². The average Bonchev–Trinajstić information content (AvgIpc) is 3.19. The lowest BCUT2D eigenvalue weighted by Gasteiger charge is -2.53. The predicted molar refractivity (Wildman–Crippen MR) is 137 cm³/mol. The number of rotatable bonds is 4. The molecule has 2 aliphatic carbocycles. The number of amides is 1. The Bertz CT molecular complexity index is 949. The van der Waals surface area contributed by atoms with E-state index in [1.54, 1.807) is 11.3 Å². The van der Waals surface area contributed by atoms with E-state index < -0.39 is 11.5 Å². The van der Waals surface area contributed by atoms with E-state index in [-0.39, 0.29) is 47.6 Å². The number of aliphatic hydroxyl groups is 1. The van der Waals surface area contributed by atoms with Gasteiger partial charge in [-0.1, -0.05) is 20.8 Å². The Labute approximate surface area is 214 Å². The molecule has 1 aromatic rings. The summed E-state index contributed by atoms with van der Waals surface area (Å²) in [4.78, 5) is 35.9. The van der Waals surface area contributed by atoms with Gasteiger partial charge in [-0.25, -0.2) is 4.98 Å². The minimum absolute atomic E-state index is 0.0230.